The Bertz CT molecular complexity index is 1350. The molecule has 0 aromatic heterocycles. The Labute approximate surface area is 196 Å². The van der Waals surface area contributed by atoms with Crippen LogP contribution in [-0.2, 0) is 31.1 Å². The minimum atomic E-state index is -5.21. The number of aromatic hydroxyl groups is 4. The maximum atomic E-state index is 11.8. The highest BCUT2D eigenvalue weighted by Gasteiger charge is 2.34. The highest BCUT2D eigenvalue weighted by atomic mass is 32.2. The maximum absolute atomic E-state index is 11.8. The lowest BCUT2D eigenvalue weighted by Crippen LogP contribution is -2.16. The second kappa shape index (κ2) is 8.37. The molecule has 0 atom stereocenters. The first-order chi connectivity index (χ1) is 15.1. The fraction of sp³-hybridized carbons (Fsp3) is 0.400. The van der Waals surface area contributed by atoms with Gasteiger partial charge in [0.1, 0.15) is 4.90 Å². The molecular weight excluding hydrogens is 496 g/mol. The number of rotatable bonds is 5. The quantitative estimate of drug-likeness (QED) is 0.145. The van der Waals surface area contributed by atoms with Crippen LogP contribution in [0.25, 0.3) is 0 Å². The first kappa shape index (κ1) is 27.3. The van der Waals surface area contributed by atoms with Crippen molar-refractivity contribution in [2.45, 2.75) is 62.2 Å². The van der Waals surface area contributed by atoms with Crippen molar-refractivity contribution in [2.75, 3.05) is 0 Å². The van der Waals surface area contributed by atoms with Gasteiger partial charge in [-0.05, 0) is 23.0 Å². The number of phenolic OH excluding ortho intramolecular Hbond substituents is 4. The fourth-order valence-electron chi connectivity index (χ4n) is 3.05. The van der Waals surface area contributed by atoms with E-state index in [9.17, 15) is 46.4 Å². The van der Waals surface area contributed by atoms with Gasteiger partial charge in [0.15, 0.2) is 27.9 Å². The van der Waals surface area contributed by atoms with Crippen LogP contribution in [0.1, 0.15) is 52.7 Å². The topological polar surface area (TPSA) is 208 Å². The largest absolute Gasteiger partial charge is 0.504 e. The minimum Gasteiger partial charge on any atom is -0.504 e. The Balaban J connectivity index is 2.80. The summed E-state index contributed by atoms with van der Waals surface area (Å²) in [7, 11) is -10.2. The first-order valence-corrected chi connectivity index (χ1v) is 12.4. The summed E-state index contributed by atoms with van der Waals surface area (Å²) in [6.45, 7) is 9.51. The molecule has 14 heteroatoms. The van der Waals surface area contributed by atoms with Crippen molar-refractivity contribution in [3.8, 4) is 34.5 Å². The molecule has 12 nitrogen and oxygen atoms in total. The van der Waals surface area contributed by atoms with Gasteiger partial charge in [-0.15, -0.1) is 0 Å². The summed E-state index contributed by atoms with van der Waals surface area (Å²) in [6, 6.07) is 1.74. The van der Waals surface area contributed by atoms with Crippen LogP contribution in [0.15, 0.2) is 21.9 Å². The van der Waals surface area contributed by atoms with Gasteiger partial charge >= 0.3 is 10.1 Å². The Morgan fingerprint density at radius 1 is 0.647 bits per heavy atom. The molecule has 0 radical (unpaired) electrons. The van der Waals surface area contributed by atoms with Gasteiger partial charge in [-0.3, -0.25) is 18.9 Å². The molecule has 6 N–H and O–H groups in total. The normalized spacial score (nSPS) is 13.1. The second-order valence-corrected chi connectivity index (χ2v) is 12.3. The first-order valence-electron chi connectivity index (χ1n) is 9.56. The molecular formula is C20H26O12S2. The molecule has 2 rings (SSSR count). The average Bonchev–Trinajstić information content (AvgIpc) is 2.59. The molecule has 2 aromatic carbocycles. The Morgan fingerprint density at radius 3 is 1.53 bits per heavy atom. The molecule has 0 aliphatic heterocycles. The van der Waals surface area contributed by atoms with Crippen molar-refractivity contribution in [2.24, 2.45) is 0 Å². The van der Waals surface area contributed by atoms with Crippen LogP contribution in [0.5, 0.6) is 34.5 Å². The summed E-state index contributed by atoms with van der Waals surface area (Å²) in [5.41, 5.74) is -1.96. The fourth-order valence-corrected chi connectivity index (χ4v) is 4.34. The minimum absolute atomic E-state index is 0.0356. The molecule has 0 amide bonds. The number of benzene rings is 2. The summed E-state index contributed by atoms with van der Waals surface area (Å²) in [5.74, 6) is -6.06. The van der Waals surface area contributed by atoms with Gasteiger partial charge < -0.3 is 20.4 Å². The van der Waals surface area contributed by atoms with E-state index >= 15 is 0 Å². The summed E-state index contributed by atoms with van der Waals surface area (Å²) in [6.07, 6.45) is 0. The summed E-state index contributed by atoms with van der Waals surface area (Å²) >= 11 is 0. The zero-order chi connectivity index (χ0) is 26.6. The van der Waals surface area contributed by atoms with Gasteiger partial charge in [-0.1, -0.05) is 41.5 Å². The summed E-state index contributed by atoms with van der Waals surface area (Å²) in [4.78, 5) is 7.46. The third-order valence-electron chi connectivity index (χ3n) is 4.75. The molecule has 34 heavy (non-hydrogen) atoms. The lowest BCUT2D eigenvalue weighted by atomic mass is 9.86. The Hall–Kier alpha value is -2.94. The van der Waals surface area contributed by atoms with E-state index in [4.69, 9.17) is 9.78 Å². The highest BCUT2D eigenvalue weighted by Crippen LogP contribution is 2.49. The lowest BCUT2D eigenvalue weighted by molar-refractivity contribution is -0.107. The molecule has 2 aromatic rings. The zero-order valence-electron chi connectivity index (χ0n) is 19.1. The second-order valence-electron chi connectivity index (χ2n) is 9.51. The van der Waals surface area contributed by atoms with Gasteiger partial charge in [0.25, 0.3) is 15.9 Å². The monoisotopic (exact) mass is 522 g/mol. The van der Waals surface area contributed by atoms with Crippen molar-refractivity contribution in [1.82, 2.24) is 0 Å². The highest BCUT2D eigenvalue weighted by molar-refractivity contribution is 7.86. The van der Waals surface area contributed by atoms with Crippen molar-refractivity contribution in [1.29, 1.82) is 0 Å². The molecule has 0 fully saturated rings. The van der Waals surface area contributed by atoms with E-state index in [0.717, 1.165) is 12.1 Å². The van der Waals surface area contributed by atoms with Crippen molar-refractivity contribution >= 4 is 20.2 Å². The van der Waals surface area contributed by atoms with Crippen LogP contribution in [0, 0.1) is 0 Å². The molecule has 0 aliphatic carbocycles. The Kier molecular flexibility index (Phi) is 6.72. The lowest BCUT2D eigenvalue weighted by Gasteiger charge is -2.24. The van der Waals surface area contributed by atoms with Crippen molar-refractivity contribution < 1.29 is 56.1 Å². The van der Waals surface area contributed by atoms with E-state index in [-0.39, 0.29) is 11.1 Å². The zero-order valence-corrected chi connectivity index (χ0v) is 20.7. The van der Waals surface area contributed by atoms with Gasteiger partial charge in [0, 0.05) is 11.1 Å². The standard InChI is InChI=1S/C20H26O12S2/c1-19(2,3)9-7-11(18(34(28,29)30)16(24)13(9)21)31-32-17-14(22)10(20(4,5)6)8-12(15(17)23)33(25,26)27/h7-8,21-24H,1-6H3,(H,25,26,27)(H,28,29,30). The third kappa shape index (κ3) is 5.24. The molecule has 0 spiro atoms. The van der Waals surface area contributed by atoms with Crippen LogP contribution in [-0.4, -0.2) is 46.4 Å². The summed E-state index contributed by atoms with van der Waals surface area (Å²) < 4.78 is 66.2. The van der Waals surface area contributed by atoms with E-state index in [1.54, 1.807) is 41.5 Å². The van der Waals surface area contributed by atoms with E-state index in [2.05, 4.69) is 0 Å². The van der Waals surface area contributed by atoms with Gasteiger partial charge in [0.2, 0.25) is 5.75 Å². The Morgan fingerprint density at radius 2 is 1.12 bits per heavy atom. The maximum Gasteiger partial charge on any atom is 0.302 e. The van der Waals surface area contributed by atoms with Crippen LogP contribution < -0.4 is 9.78 Å². The average molecular weight is 523 g/mol. The predicted molar refractivity (Wildman–Crippen MR) is 118 cm³/mol. The van der Waals surface area contributed by atoms with Crippen LogP contribution in [0.2, 0.25) is 0 Å². The van der Waals surface area contributed by atoms with E-state index < -0.39 is 75.4 Å². The molecule has 0 unspecified atom stereocenters. The van der Waals surface area contributed by atoms with Gasteiger partial charge in [-0.2, -0.15) is 16.8 Å². The molecule has 190 valence electrons. The predicted octanol–water partition coefficient (Wildman–Crippen LogP) is 2.97. The number of phenols is 4. The van der Waals surface area contributed by atoms with Crippen LogP contribution in [0.4, 0.5) is 0 Å². The van der Waals surface area contributed by atoms with Crippen LogP contribution in [0.3, 0.4) is 0 Å². The molecule has 0 aliphatic rings. The van der Waals surface area contributed by atoms with E-state index in [1.807, 2.05) is 0 Å². The molecule has 0 bridgehead atoms. The SMILES string of the molecule is CC(C)(C)c1cc(OOc2c(O)c(C(C)(C)C)cc(S(=O)(=O)O)c2O)c(S(=O)(=O)O)c(O)c1O. The van der Waals surface area contributed by atoms with E-state index in [0.29, 0.717) is 0 Å². The third-order valence-corrected chi connectivity index (χ3v) is 6.53. The van der Waals surface area contributed by atoms with Crippen molar-refractivity contribution in [3.05, 3.63) is 23.3 Å². The van der Waals surface area contributed by atoms with Gasteiger partial charge in [0.05, 0.1) is 0 Å². The molecule has 0 heterocycles. The number of hydrogen-bond donors (Lipinski definition) is 6. The van der Waals surface area contributed by atoms with Crippen molar-refractivity contribution in [3.63, 3.8) is 0 Å². The summed E-state index contributed by atoms with van der Waals surface area (Å²) in [5, 5.41) is 41.4. The van der Waals surface area contributed by atoms with E-state index in [1.165, 1.54) is 0 Å². The smallest absolute Gasteiger partial charge is 0.302 e. The van der Waals surface area contributed by atoms with Gasteiger partial charge in [-0.25, -0.2) is 0 Å². The molecule has 0 saturated heterocycles. The number of hydrogen-bond acceptors (Lipinski definition) is 10. The van der Waals surface area contributed by atoms with Crippen LogP contribution >= 0.6 is 0 Å². The molecule has 0 saturated carbocycles.